The summed E-state index contributed by atoms with van der Waals surface area (Å²) >= 11 is 0. The Morgan fingerprint density at radius 1 is 0.706 bits per heavy atom. The van der Waals surface area contributed by atoms with Crippen molar-refractivity contribution in [2.45, 2.75) is 53.4 Å². The summed E-state index contributed by atoms with van der Waals surface area (Å²) in [4.78, 5) is 28.7. The maximum absolute atomic E-state index is 13.7. The third kappa shape index (κ3) is 4.41. The van der Waals surface area contributed by atoms with E-state index < -0.39 is 0 Å². The molecule has 1 heterocycles. The van der Waals surface area contributed by atoms with Gasteiger partial charge in [-0.15, -0.1) is 0 Å². The first kappa shape index (κ1) is 23.5. The van der Waals surface area contributed by atoms with Gasteiger partial charge in [-0.1, -0.05) is 75.7 Å². The minimum absolute atomic E-state index is 0.308. The second-order valence-corrected chi connectivity index (χ2v) is 9.66. The zero-order valence-electron chi connectivity index (χ0n) is 20.8. The number of hydrogen-bond acceptors (Lipinski definition) is 3. The van der Waals surface area contributed by atoms with Crippen molar-refractivity contribution in [1.29, 1.82) is 0 Å². The second-order valence-electron chi connectivity index (χ2n) is 9.66. The van der Waals surface area contributed by atoms with Crippen molar-refractivity contribution >= 4 is 28.8 Å². The van der Waals surface area contributed by atoms with E-state index >= 15 is 0 Å². The van der Waals surface area contributed by atoms with Crippen LogP contribution in [0.2, 0.25) is 0 Å². The molecule has 0 spiro atoms. The molecule has 0 aromatic heterocycles. The van der Waals surface area contributed by atoms with Crippen molar-refractivity contribution < 1.29 is 9.59 Å². The smallest absolute Gasteiger partial charge is 0.282 e. The molecular formula is C30H32N2O2. The van der Waals surface area contributed by atoms with Gasteiger partial charge in [0.1, 0.15) is 5.70 Å². The monoisotopic (exact) mass is 452 g/mol. The van der Waals surface area contributed by atoms with Gasteiger partial charge in [0, 0.05) is 5.69 Å². The molecule has 1 N–H and O–H groups in total. The third-order valence-corrected chi connectivity index (χ3v) is 6.40. The zero-order chi connectivity index (χ0) is 24.6. The summed E-state index contributed by atoms with van der Waals surface area (Å²) in [6.07, 6.45) is 0. The predicted molar refractivity (Wildman–Crippen MR) is 140 cm³/mol. The molecule has 174 valence electrons. The molecule has 3 aromatic rings. The van der Waals surface area contributed by atoms with E-state index in [0.29, 0.717) is 28.8 Å². The highest BCUT2D eigenvalue weighted by Gasteiger charge is 2.40. The van der Waals surface area contributed by atoms with Crippen LogP contribution in [0.4, 0.5) is 11.4 Å². The molecule has 1 aliphatic rings. The van der Waals surface area contributed by atoms with Crippen LogP contribution in [0.15, 0.2) is 72.4 Å². The maximum Gasteiger partial charge on any atom is 0.282 e. The molecule has 1 aliphatic heterocycles. The van der Waals surface area contributed by atoms with E-state index in [0.717, 1.165) is 27.9 Å². The number of nitrogens with zero attached hydrogens (tertiary/aromatic N) is 1. The number of amides is 2. The van der Waals surface area contributed by atoms with Gasteiger partial charge in [0.05, 0.1) is 11.3 Å². The molecule has 34 heavy (non-hydrogen) atoms. The fourth-order valence-corrected chi connectivity index (χ4v) is 4.33. The highest BCUT2D eigenvalue weighted by atomic mass is 16.2. The molecule has 0 unspecified atom stereocenters. The lowest BCUT2D eigenvalue weighted by Gasteiger charge is -2.17. The lowest BCUT2D eigenvalue weighted by molar-refractivity contribution is -0.120. The fourth-order valence-electron chi connectivity index (χ4n) is 4.33. The lowest BCUT2D eigenvalue weighted by atomic mass is 9.97. The van der Waals surface area contributed by atoms with Gasteiger partial charge in [-0.05, 0) is 72.2 Å². The first-order chi connectivity index (χ1) is 16.2. The van der Waals surface area contributed by atoms with Gasteiger partial charge in [-0.2, -0.15) is 0 Å². The van der Waals surface area contributed by atoms with E-state index in [2.05, 4.69) is 33.0 Å². The van der Waals surface area contributed by atoms with Gasteiger partial charge < -0.3 is 5.32 Å². The van der Waals surface area contributed by atoms with Crippen LogP contribution < -0.4 is 10.2 Å². The van der Waals surface area contributed by atoms with Crippen LogP contribution in [-0.4, -0.2) is 11.8 Å². The van der Waals surface area contributed by atoms with E-state index in [4.69, 9.17) is 0 Å². The molecule has 4 heteroatoms. The SMILES string of the molecule is Cc1ccc(C2=C(Nc3ccc(C(C)C)cc3)C(=O)N(c3ccc(C(C)C)cc3)C2=O)c(C)c1. The molecule has 0 radical (unpaired) electrons. The lowest BCUT2D eigenvalue weighted by Crippen LogP contribution is -2.32. The van der Waals surface area contributed by atoms with Crippen LogP contribution >= 0.6 is 0 Å². The number of rotatable bonds is 6. The Bertz CT molecular complexity index is 1270. The molecule has 4 rings (SSSR count). The van der Waals surface area contributed by atoms with Gasteiger partial charge in [0.15, 0.2) is 0 Å². The molecule has 0 saturated carbocycles. The number of carbonyl (C=O) groups is 2. The molecule has 0 fully saturated rings. The van der Waals surface area contributed by atoms with Crippen LogP contribution in [0.25, 0.3) is 5.57 Å². The Morgan fingerprint density at radius 3 is 1.79 bits per heavy atom. The molecule has 0 aliphatic carbocycles. The molecule has 3 aromatic carbocycles. The van der Waals surface area contributed by atoms with Crippen molar-refractivity contribution in [3.05, 3.63) is 100 Å². The van der Waals surface area contributed by atoms with Crippen molar-refractivity contribution in [2.24, 2.45) is 0 Å². The van der Waals surface area contributed by atoms with Crippen LogP contribution in [0.5, 0.6) is 0 Å². The summed E-state index contributed by atoms with van der Waals surface area (Å²) in [5.41, 5.74) is 7.29. The summed E-state index contributed by atoms with van der Waals surface area (Å²) < 4.78 is 0. The van der Waals surface area contributed by atoms with E-state index in [1.807, 2.05) is 80.6 Å². The quantitative estimate of drug-likeness (QED) is 0.412. The van der Waals surface area contributed by atoms with E-state index in [1.165, 1.54) is 10.5 Å². The zero-order valence-corrected chi connectivity index (χ0v) is 20.8. The molecule has 0 atom stereocenters. The standard InChI is InChI=1S/C30H32N2O2/c1-18(2)22-8-12-24(13-9-22)31-28-27(26-16-7-20(5)17-21(26)6)29(33)32(30(28)34)25-14-10-23(11-15-25)19(3)4/h7-19,31H,1-6H3. The minimum atomic E-state index is -0.342. The van der Waals surface area contributed by atoms with Crippen LogP contribution in [0.1, 0.15) is 67.3 Å². The molecule has 0 saturated heterocycles. The Kier molecular flexibility index (Phi) is 6.43. The number of hydrogen-bond donors (Lipinski definition) is 1. The summed E-state index contributed by atoms with van der Waals surface area (Å²) in [6, 6.07) is 21.6. The normalized spacial score (nSPS) is 14.1. The number of imide groups is 1. The number of anilines is 2. The average Bonchev–Trinajstić information content (AvgIpc) is 3.03. The van der Waals surface area contributed by atoms with Crippen molar-refractivity contribution in [3.63, 3.8) is 0 Å². The molecule has 4 nitrogen and oxygen atoms in total. The van der Waals surface area contributed by atoms with Gasteiger partial charge in [-0.25, -0.2) is 4.90 Å². The Balaban J connectivity index is 1.79. The summed E-state index contributed by atoms with van der Waals surface area (Å²) in [5.74, 6) is 0.132. The molecular weight excluding hydrogens is 420 g/mol. The first-order valence-electron chi connectivity index (χ1n) is 11.8. The third-order valence-electron chi connectivity index (χ3n) is 6.40. The highest BCUT2D eigenvalue weighted by molar-refractivity contribution is 6.46. The average molecular weight is 453 g/mol. The summed E-state index contributed by atoms with van der Waals surface area (Å²) in [7, 11) is 0. The van der Waals surface area contributed by atoms with Crippen LogP contribution in [0, 0.1) is 13.8 Å². The fraction of sp³-hybridized carbons (Fsp3) is 0.267. The second kappa shape index (κ2) is 9.30. The minimum Gasteiger partial charge on any atom is -0.350 e. The summed E-state index contributed by atoms with van der Waals surface area (Å²) in [6.45, 7) is 12.5. The topological polar surface area (TPSA) is 49.4 Å². The molecule has 0 bridgehead atoms. The number of aryl methyl sites for hydroxylation is 2. The van der Waals surface area contributed by atoms with Gasteiger partial charge >= 0.3 is 0 Å². The van der Waals surface area contributed by atoms with Gasteiger partial charge in [0.25, 0.3) is 11.8 Å². The van der Waals surface area contributed by atoms with E-state index in [1.54, 1.807) is 0 Å². The van der Waals surface area contributed by atoms with E-state index in [9.17, 15) is 9.59 Å². The van der Waals surface area contributed by atoms with Crippen molar-refractivity contribution in [2.75, 3.05) is 10.2 Å². The number of carbonyl (C=O) groups excluding carboxylic acids is 2. The highest BCUT2D eigenvalue weighted by Crippen LogP contribution is 2.36. The van der Waals surface area contributed by atoms with Gasteiger partial charge in [-0.3, -0.25) is 9.59 Å². The summed E-state index contributed by atoms with van der Waals surface area (Å²) in [5, 5.41) is 3.27. The Hall–Kier alpha value is -3.66. The number of benzene rings is 3. The van der Waals surface area contributed by atoms with E-state index in [-0.39, 0.29) is 11.8 Å². The predicted octanol–water partition coefficient (Wildman–Crippen LogP) is 6.95. The largest absolute Gasteiger partial charge is 0.350 e. The Morgan fingerprint density at radius 2 is 1.26 bits per heavy atom. The van der Waals surface area contributed by atoms with Crippen LogP contribution in [0.3, 0.4) is 0 Å². The van der Waals surface area contributed by atoms with Gasteiger partial charge in [0.2, 0.25) is 0 Å². The number of nitrogens with one attached hydrogen (secondary N) is 1. The van der Waals surface area contributed by atoms with Crippen molar-refractivity contribution in [1.82, 2.24) is 0 Å². The maximum atomic E-state index is 13.7. The van der Waals surface area contributed by atoms with Crippen LogP contribution in [-0.2, 0) is 9.59 Å². The Labute approximate surface area is 202 Å². The van der Waals surface area contributed by atoms with Crippen molar-refractivity contribution in [3.8, 4) is 0 Å². The molecule has 2 amide bonds. The first-order valence-corrected chi connectivity index (χ1v) is 11.8.